The third-order valence-corrected chi connectivity index (χ3v) is 2.19. The Bertz CT molecular complexity index is 319. The van der Waals surface area contributed by atoms with Gasteiger partial charge in [-0.2, -0.15) is 0 Å². The molecule has 1 rings (SSSR count). The summed E-state index contributed by atoms with van der Waals surface area (Å²) in [6, 6.07) is 1.82. The number of carbonyl (C=O) groups excluding carboxylic acids is 1. The normalized spacial score (nSPS) is 9.93. The lowest BCUT2D eigenvalue weighted by molar-refractivity contribution is -0.142. The molecule has 0 fully saturated rings. The zero-order chi connectivity index (χ0) is 10.6. The summed E-state index contributed by atoms with van der Waals surface area (Å²) >= 11 is 5.85. The molecule has 0 atom stereocenters. The first-order valence-corrected chi connectivity index (χ1v) is 4.78. The van der Waals surface area contributed by atoms with Gasteiger partial charge in [0.05, 0.1) is 13.0 Å². The number of rotatable bonds is 3. The second-order valence-electron chi connectivity index (χ2n) is 2.88. The van der Waals surface area contributed by atoms with Crippen molar-refractivity contribution in [3.05, 3.63) is 28.5 Å². The third kappa shape index (κ3) is 2.70. The predicted octanol–water partition coefficient (Wildman–Crippen LogP) is 2.15. The van der Waals surface area contributed by atoms with Crippen molar-refractivity contribution in [1.82, 2.24) is 4.98 Å². The Balaban J connectivity index is 2.80. The van der Waals surface area contributed by atoms with E-state index in [2.05, 4.69) is 4.98 Å². The molecule has 0 aliphatic rings. The van der Waals surface area contributed by atoms with Crippen LogP contribution in [0.5, 0.6) is 0 Å². The van der Waals surface area contributed by atoms with Gasteiger partial charge in [-0.1, -0.05) is 11.6 Å². The summed E-state index contributed by atoms with van der Waals surface area (Å²) in [7, 11) is 0. The van der Waals surface area contributed by atoms with Gasteiger partial charge in [0.2, 0.25) is 0 Å². The summed E-state index contributed by atoms with van der Waals surface area (Å²) in [6.45, 7) is 4.05. The molecule has 0 aliphatic heterocycles. The molecule has 14 heavy (non-hydrogen) atoms. The lowest BCUT2D eigenvalue weighted by Crippen LogP contribution is -2.09. The summed E-state index contributed by atoms with van der Waals surface area (Å²) < 4.78 is 4.83. The van der Waals surface area contributed by atoms with Gasteiger partial charge in [0, 0.05) is 11.8 Å². The van der Waals surface area contributed by atoms with Crippen molar-refractivity contribution in [1.29, 1.82) is 0 Å². The summed E-state index contributed by atoms with van der Waals surface area (Å²) in [5.74, 6) is -0.273. The van der Waals surface area contributed by atoms with E-state index in [0.717, 1.165) is 11.1 Å². The number of hydrogen-bond acceptors (Lipinski definition) is 3. The van der Waals surface area contributed by atoms with Crippen LogP contribution in [0.15, 0.2) is 12.3 Å². The minimum atomic E-state index is -0.273. The molecule has 0 N–H and O–H groups in total. The van der Waals surface area contributed by atoms with Crippen LogP contribution in [0.4, 0.5) is 0 Å². The number of aromatic nitrogens is 1. The highest BCUT2D eigenvalue weighted by Crippen LogP contribution is 2.17. The zero-order valence-electron chi connectivity index (χ0n) is 8.21. The van der Waals surface area contributed by atoms with Gasteiger partial charge in [0.1, 0.15) is 5.15 Å². The van der Waals surface area contributed by atoms with Crippen molar-refractivity contribution in [2.75, 3.05) is 6.61 Å². The number of esters is 1. The van der Waals surface area contributed by atoms with E-state index in [0.29, 0.717) is 11.8 Å². The Kier molecular flexibility index (Phi) is 3.89. The topological polar surface area (TPSA) is 39.2 Å². The summed E-state index contributed by atoms with van der Waals surface area (Å²) in [6.07, 6.45) is 1.80. The first-order valence-electron chi connectivity index (χ1n) is 4.40. The molecule has 76 valence electrons. The van der Waals surface area contributed by atoms with Gasteiger partial charge in [-0.25, -0.2) is 4.98 Å². The van der Waals surface area contributed by atoms with Gasteiger partial charge >= 0.3 is 5.97 Å². The van der Waals surface area contributed by atoms with Crippen LogP contribution >= 0.6 is 11.6 Å². The van der Waals surface area contributed by atoms with E-state index in [1.165, 1.54) is 0 Å². The number of hydrogen-bond donors (Lipinski definition) is 0. The molecule has 0 aliphatic carbocycles. The molecule has 1 heterocycles. The Hall–Kier alpha value is -1.09. The van der Waals surface area contributed by atoms with Crippen LogP contribution in [-0.2, 0) is 16.0 Å². The van der Waals surface area contributed by atoms with Crippen LogP contribution in [0.1, 0.15) is 18.1 Å². The fourth-order valence-corrected chi connectivity index (χ4v) is 1.40. The second kappa shape index (κ2) is 4.96. The van der Waals surface area contributed by atoms with E-state index in [9.17, 15) is 4.79 Å². The van der Waals surface area contributed by atoms with Gasteiger partial charge in [-0.15, -0.1) is 0 Å². The van der Waals surface area contributed by atoms with Crippen molar-refractivity contribution >= 4 is 17.6 Å². The molecular weight excluding hydrogens is 202 g/mol. The van der Waals surface area contributed by atoms with Crippen LogP contribution in [0, 0.1) is 6.92 Å². The number of aryl methyl sites for hydroxylation is 1. The molecule has 0 saturated carbocycles. The molecule has 1 aromatic rings. The molecule has 4 heteroatoms. The van der Waals surface area contributed by atoms with Crippen LogP contribution in [0.3, 0.4) is 0 Å². The minimum Gasteiger partial charge on any atom is -0.466 e. The average Bonchev–Trinajstić information content (AvgIpc) is 2.12. The molecule has 0 saturated heterocycles. The van der Waals surface area contributed by atoms with Gasteiger partial charge in [0.15, 0.2) is 0 Å². The van der Waals surface area contributed by atoms with E-state index in [4.69, 9.17) is 16.3 Å². The fraction of sp³-hybridized carbons (Fsp3) is 0.400. The monoisotopic (exact) mass is 213 g/mol. The van der Waals surface area contributed by atoms with Crippen LogP contribution in [0.25, 0.3) is 0 Å². The summed E-state index contributed by atoms with van der Waals surface area (Å²) in [4.78, 5) is 15.1. The number of nitrogens with zero attached hydrogens (tertiary/aromatic N) is 1. The number of halogens is 1. The van der Waals surface area contributed by atoms with Crippen molar-refractivity contribution in [2.24, 2.45) is 0 Å². The Labute approximate surface area is 88.1 Å². The maximum Gasteiger partial charge on any atom is 0.310 e. The zero-order valence-corrected chi connectivity index (χ0v) is 8.97. The van der Waals surface area contributed by atoms with Crippen LogP contribution in [0.2, 0.25) is 5.15 Å². The average molecular weight is 214 g/mol. The molecule has 0 radical (unpaired) electrons. The minimum absolute atomic E-state index is 0.187. The first-order chi connectivity index (χ1) is 6.65. The highest BCUT2D eigenvalue weighted by Gasteiger charge is 2.10. The second-order valence-corrected chi connectivity index (χ2v) is 3.24. The van der Waals surface area contributed by atoms with E-state index in [1.54, 1.807) is 13.1 Å². The predicted molar refractivity (Wildman–Crippen MR) is 54.3 cm³/mol. The van der Waals surface area contributed by atoms with Crippen molar-refractivity contribution in [2.45, 2.75) is 20.3 Å². The van der Waals surface area contributed by atoms with E-state index in [1.807, 2.05) is 13.0 Å². The molecule has 1 aromatic heterocycles. The largest absolute Gasteiger partial charge is 0.466 e. The molecule has 0 unspecified atom stereocenters. The Morgan fingerprint density at radius 3 is 2.93 bits per heavy atom. The van der Waals surface area contributed by atoms with E-state index >= 15 is 0 Å². The van der Waals surface area contributed by atoms with Gasteiger partial charge in [-0.3, -0.25) is 4.79 Å². The lowest BCUT2D eigenvalue weighted by Gasteiger charge is -2.06. The molecule has 0 spiro atoms. The van der Waals surface area contributed by atoms with Crippen molar-refractivity contribution in [3.8, 4) is 0 Å². The summed E-state index contributed by atoms with van der Waals surface area (Å²) in [5.41, 5.74) is 1.70. The highest BCUT2D eigenvalue weighted by molar-refractivity contribution is 6.30. The number of carbonyl (C=O) groups is 1. The van der Waals surface area contributed by atoms with Crippen molar-refractivity contribution in [3.63, 3.8) is 0 Å². The maximum atomic E-state index is 11.2. The Morgan fingerprint density at radius 1 is 1.64 bits per heavy atom. The molecule has 0 amide bonds. The number of pyridine rings is 1. The maximum absolute atomic E-state index is 11.2. The number of ether oxygens (including phenoxy) is 1. The van der Waals surface area contributed by atoms with Gasteiger partial charge in [-0.05, 0) is 25.5 Å². The van der Waals surface area contributed by atoms with Crippen molar-refractivity contribution < 1.29 is 9.53 Å². The first kappa shape index (κ1) is 11.0. The van der Waals surface area contributed by atoms with Gasteiger partial charge in [0.25, 0.3) is 0 Å². The third-order valence-electron chi connectivity index (χ3n) is 1.86. The lowest BCUT2D eigenvalue weighted by atomic mass is 10.1. The molecule has 0 aromatic carbocycles. The summed E-state index contributed by atoms with van der Waals surface area (Å²) in [5, 5.41) is 0.373. The van der Waals surface area contributed by atoms with Gasteiger partial charge < -0.3 is 4.74 Å². The molecule has 0 bridgehead atoms. The smallest absolute Gasteiger partial charge is 0.310 e. The SMILES string of the molecule is CCOC(=O)Cc1c(C)ccnc1Cl. The highest BCUT2D eigenvalue weighted by atomic mass is 35.5. The molecule has 3 nitrogen and oxygen atoms in total. The van der Waals surface area contributed by atoms with Crippen LogP contribution in [-0.4, -0.2) is 17.6 Å². The fourth-order valence-electron chi connectivity index (χ4n) is 1.12. The standard InChI is InChI=1S/C10H12ClNO2/c1-3-14-9(13)6-8-7(2)4-5-12-10(8)11/h4-5H,3,6H2,1-2H3. The Morgan fingerprint density at radius 2 is 2.36 bits per heavy atom. The van der Waals surface area contributed by atoms with E-state index < -0.39 is 0 Å². The molecular formula is C10H12ClNO2. The van der Waals surface area contributed by atoms with E-state index in [-0.39, 0.29) is 12.4 Å². The quantitative estimate of drug-likeness (QED) is 0.571. The van der Waals surface area contributed by atoms with Crippen LogP contribution < -0.4 is 0 Å².